The summed E-state index contributed by atoms with van der Waals surface area (Å²) in [5.74, 6) is 0.0200. The van der Waals surface area contributed by atoms with Crippen LogP contribution in [0.3, 0.4) is 0 Å². The predicted octanol–water partition coefficient (Wildman–Crippen LogP) is 2.46. The summed E-state index contributed by atoms with van der Waals surface area (Å²) in [6.07, 6.45) is 5.88. The van der Waals surface area contributed by atoms with Crippen molar-refractivity contribution in [2.45, 2.75) is 45.6 Å². The molecule has 1 aliphatic heterocycles. The Morgan fingerprint density at radius 2 is 2.05 bits per heavy atom. The maximum atomic E-state index is 14.0. The maximum absolute atomic E-state index is 14.0. The molecule has 106 valence electrons. The van der Waals surface area contributed by atoms with E-state index in [-0.39, 0.29) is 5.82 Å². The second-order valence-corrected chi connectivity index (χ2v) is 5.16. The van der Waals surface area contributed by atoms with Crippen molar-refractivity contribution in [2.75, 3.05) is 25.0 Å². The molecule has 1 unspecified atom stereocenters. The lowest BCUT2D eigenvalue weighted by Gasteiger charge is -2.32. The Balaban J connectivity index is 1.91. The van der Waals surface area contributed by atoms with Crippen molar-refractivity contribution in [3.63, 3.8) is 0 Å². The number of nitrogens with one attached hydrogen (secondary N) is 1. The van der Waals surface area contributed by atoms with Crippen molar-refractivity contribution in [3.8, 4) is 0 Å². The lowest BCUT2D eigenvalue weighted by atomic mass is 10.1. The van der Waals surface area contributed by atoms with Gasteiger partial charge >= 0.3 is 0 Å². The smallest absolute Gasteiger partial charge is 0.186 e. The normalized spacial score (nSPS) is 18.3. The van der Waals surface area contributed by atoms with Crippen LogP contribution in [0.4, 0.5) is 10.2 Å². The van der Waals surface area contributed by atoms with E-state index in [4.69, 9.17) is 0 Å². The van der Waals surface area contributed by atoms with Gasteiger partial charge in [-0.3, -0.25) is 4.90 Å². The number of likely N-dealkylation sites (tertiary alicyclic amines) is 1. The average Bonchev–Trinajstić information content (AvgIpc) is 2.47. The fourth-order valence-electron chi connectivity index (χ4n) is 2.51. The van der Waals surface area contributed by atoms with E-state index in [2.05, 4.69) is 27.1 Å². The fourth-order valence-corrected chi connectivity index (χ4v) is 2.51. The highest BCUT2D eigenvalue weighted by Crippen LogP contribution is 2.15. The van der Waals surface area contributed by atoms with Crippen LogP contribution in [0.15, 0.2) is 6.33 Å². The first kappa shape index (κ1) is 14.2. The fraction of sp³-hybridized carbons (Fsp3) is 0.714. The molecular formula is C14H23FN4. The summed E-state index contributed by atoms with van der Waals surface area (Å²) in [5, 5.41) is 3.12. The van der Waals surface area contributed by atoms with E-state index in [1.165, 1.54) is 25.6 Å². The van der Waals surface area contributed by atoms with Crippen LogP contribution in [0.5, 0.6) is 0 Å². The minimum atomic E-state index is -0.309. The van der Waals surface area contributed by atoms with Gasteiger partial charge in [-0.2, -0.15) is 0 Å². The van der Waals surface area contributed by atoms with Crippen molar-refractivity contribution in [1.29, 1.82) is 0 Å². The Morgan fingerprint density at radius 1 is 1.32 bits per heavy atom. The van der Waals surface area contributed by atoms with Crippen molar-refractivity contribution < 1.29 is 4.39 Å². The van der Waals surface area contributed by atoms with Gasteiger partial charge in [-0.25, -0.2) is 14.4 Å². The van der Waals surface area contributed by atoms with Gasteiger partial charge in [0.05, 0.1) is 5.69 Å². The molecule has 0 amide bonds. The first-order valence-electron chi connectivity index (χ1n) is 7.19. The highest BCUT2D eigenvalue weighted by Gasteiger charge is 2.17. The number of halogens is 1. The number of anilines is 1. The Kier molecular flexibility index (Phi) is 5.07. The molecule has 0 bridgehead atoms. The van der Waals surface area contributed by atoms with E-state index in [1.54, 1.807) is 0 Å². The van der Waals surface area contributed by atoms with Crippen molar-refractivity contribution in [3.05, 3.63) is 17.8 Å². The number of aryl methyl sites for hydroxylation is 1. The number of rotatable bonds is 5. The Labute approximate surface area is 114 Å². The summed E-state index contributed by atoms with van der Waals surface area (Å²) in [6.45, 7) is 7.09. The van der Waals surface area contributed by atoms with Gasteiger partial charge in [0.1, 0.15) is 6.33 Å². The molecule has 2 heterocycles. The topological polar surface area (TPSA) is 41.1 Å². The SMILES string of the molecule is CCc1ncnc(NCC(C)N2CCCCC2)c1F. The molecule has 0 aliphatic carbocycles. The summed E-state index contributed by atoms with van der Waals surface area (Å²) >= 11 is 0. The summed E-state index contributed by atoms with van der Waals surface area (Å²) in [4.78, 5) is 10.4. The molecule has 5 heteroatoms. The minimum absolute atomic E-state index is 0.309. The number of hydrogen-bond acceptors (Lipinski definition) is 4. The molecule has 1 aromatic rings. The van der Waals surface area contributed by atoms with Gasteiger partial charge in [-0.05, 0) is 39.3 Å². The quantitative estimate of drug-likeness (QED) is 0.889. The zero-order valence-electron chi connectivity index (χ0n) is 11.8. The van der Waals surface area contributed by atoms with Crippen molar-refractivity contribution >= 4 is 5.82 Å². The molecule has 2 rings (SSSR count). The first-order valence-corrected chi connectivity index (χ1v) is 7.19. The van der Waals surface area contributed by atoms with E-state index < -0.39 is 0 Å². The number of aromatic nitrogens is 2. The summed E-state index contributed by atoms with van der Waals surface area (Å²) in [5.41, 5.74) is 0.475. The van der Waals surface area contributed by atoms with Crippen LogP contribution in [0.1, 0.15) is 38.8 Å². The largest absolute Gasteiger partial charge is 0.366 e. The van der Waals surface area contributed by atoms with E-state index in [0.717, 1.165) is 19.6 Å². The van der Waals surface area contributed by atoms with Gasteiger partial charge in [0.15, 0.2) is 11.6 Å². The van der Waals surface area contributed by atoms with Crippen molar-refractivity contribution in [2.24, 2.45) is 0 Å². The van der Waals surface area contributed by atoms with Crippen LogP contribution in [-0.2, 0) is 6.42 Å². The Bertz CT molecular complexity index is 404. The van der Waals surface area contributed by atoms with Crippen LogP contribution in [0, 0.1) is 5.82 Å². The summed E-state index contributed by atoms with van der Waals surface area (Å²) in [6, 6.07) is 0.403. The third-order valence-electron chi connectivity index (χ3n) is 3.78. The molecule has 4 nitrogen and oxygen atoms in total. The molecule has 1 aliphatic rings. The zero-order chi connectivity index (χ0) is 13.7. The minimum Gasteiger partial charge on any atom is -0.366 e. The Morgan fingerprint density at radius 3 is 2.74 bits per heavy atom. The molecule has 1 saturated heterocycles. The van der Waals surface area contributed by atoms with E-state index in [1.807, 2.05) is 6.92 Å². The molecule has 0 radical (unpaired) electrons. The van der Waals surface area contributed by atoms with Crippen LogP contribution in [-0.4, -0.2) is 40.5 Å². The lowest BCUT2D eigenvalue weighted by Crippen LogP contribution is -2.41. The van der Waals surface area contributed by atoms with Crippen LogP contribution < -0.4 is 5.32 Å². The molecule has 0 spiro atoms. The molecule has 1 aromatic heterocycles. The van der Waals surface area contributed by atoms with E-state index >= 15 is 0 Å². The van der Waals surface area contributed by atoms with Crippen molar-refractivity contribution in [1.82, 2.24) is 14.9 Å². The van der Waals surface area contributed by atoms with Gasteiger partial charge in [-0.1, -0.05) is 13.3 Å². The first-order chi connectivity index (χ1) is 9.22. The predicted molar refractivity (Wildman–Crippen MR) is 74.7 cm³/mol. The third kappa shape index (κ3) is 3.62. The van der Waals surface area contributed by atoms with E-state index in [9.17, 15) is 4.39 Å². The standard InChI is InChI=1S/C14H23FN4/c1-3-12-13(15)14(18-10-17-12)16-9-11(2)19-7-5-4-6-8-19/h10-11H,3-9H2,1-2H3,(H,16,17,18). The third-order valence-corrected chi connectivity index (χ3v) is 3.78. The number of hydrogen-bond donors (Lipinski definition) is 1. The number of piperidine rings is 1. The van der Waals surface area contributed by atoms with Crippen LogP contribution in [0.25, 0.3) is 0 Å². The lowest BCUT2D eigenvalue weighted by molar-refractivity contribution is 0.180. The van der Waals surface area contributed by atoms with Gasteiger partial charge in [-0.15, -0.1) is 0 Å². The van der Waals surface area contributed by atoms with E-state index in [0.29, 0.717) is 24.0 Å². The summed E-state index contributed by atoms with van der Waals surface area (Å²) < 4.78 is 14.0. The number of nitrogens with zero attached hydrogens (tertiary/aromatic N) is 3. The van der Waals surface area contributed by atoms with Gasteiger partial charge in [0.25, 0.3) is 0 Å². The molecule has 19 heavy (non-hydrogen) atoms. The van der Waals surface area contributed by atoms with Gasteiger partial charge in [0.2, 0.25) is 0 Å². The van der Waals surface area contributed by atoms with Crippen LogP contribution in [0.2, 0.25) is 0 Å². The second-order valence-electron chi connectivity index (χ2n) is 5.16. The maximum Gasteiger partial charge on any atom is 0.186 e. The zero-order valence-corrected chi connectivity index (χ0v) is 11.8. The highest BCUT2D eigenvalue weighted by atomic mass is 19.1. The molecular weight excluding hydrogens is 243 g/mol. The average molecular weight is 266 g/mol. The monoisotopic (exact) mass is 266 g/mol. The Hall–Kier alpha value is -1.23. The molecule has 1 fully saturated rings. The highest BCUT2D eigenvalue weighted by molar-refractivity contribution is 5.37. The summed E-state index contributed by atoms with van der Waals surface area (Å²) in [7, 11) is 0. The molecule has 0 aromatic carbocycles. The van der Waals surface area contributed by atoms with Crippen LogP contribution >= 0.6 is 0 Å². The van der Waals surface area contributed by atoms with Gasteiger partial charge in [0, 0.05) is 12.6 Å². The molecule has 1 N–H and O–H groups in total. The molecule has 1 atom stereocenters. The van der Waals surface area contributed by atoms with Gasteiger partial charge < -0.3 is 5.32 Å². The molecule has 0 saturated carbocycles. The second kappa shape index (κ2) is 6.80.